The monoisotopic (exact) mass is 335 g/mol. The van der Waals surface area contributed by atoms with Crippen molar-refractivity contribution in [1.82, 2.24) is 4.98 Å². The number of anilines is 1. The Bertz CT molecular complexity index is 923. The van der Waals surface area contributed by atoms with Crippen LogP contribution in [-0.4, -0.2) is 4.98 Å². The van der Waals surface area contributed by atoms with Gasteiger partial charge in [0.1, 0.15) is 22.5 Å². The molecule has 0 bridgehead atoms. The fraction of sp³-hybridized carbons (Fsp3) is 0.0526. The molecule has 0 saturated carbocycles. The summed E-state index contributed by atoms with van der Waals surface area (Å²) in [7, 11) is 0. The lowest BCUT2D eigenvalue weighted by Crippen LogP contribution is -1.94. The standard InChI is InChI=1S/C19H14FN3S/c1-13-7-8-16(20)9-17(13)22-11-15(10-21)19-23-18(12-24-19)14-5-3-2-4-6-14/h2-9,11-12,22H,1H3. The van der Waals surface area contributed by atoms with Gasteiger partial charge in [-0.15, -0.1) is 11.3 Å². The zero-order valence-corrected chi connectivity index (χ0v) is 13.8. The molecule has 0 saturated heterocycles. The molecule has 2 aromatic carbocycles. The van der Waals surface area contributed by atoms with E-state index in [-0.39, 0.29) is 5.82 Å². The summed E-state index contributed by atoms with van der Waals surface area (Å²) in [4.78, 5) is 4.52. The average molecular weight is 335 g/mol. The van der Waals surface area contributed by atoms with Crippen LogP contribution in [0.25, 0.3) is 16.8 Å². The molecule has 1 aromatic heterocycles. The average Bonchev–Trinajstić information content (AvgIpc) is 3.09. The van der Waals surface area contributed by atoms with Gasteiger partial charge in [0.25, 0.3) is 0 Å². The Labute approximate surface area is 143 Å². The highest BCUT2D eigenvalue weighted by Crippen LogP contribution is 2.26. The molecule has 0 aliphatic rings. The highest BCUT2D eigenvalue weighted by molar-refractivity contribution is 7.11. The number of rotatable bonds is 4. The zero-order valence-electron chi connectivity index (χ0n) is 13.0. The van der Waals surface area contributed by atoms with Crippen LogP contribution in [0, 0.1) is 24.1 Å². The van der Waals surface area contributed by atoms with Crippen LogP contribution in [0.2, 0.25) is 0 Å². The normalized spacial score (nSPS) is 11.1. The molecule has 3 nitrogen and oxygen atoms in total. The molecule has 0 unspecified atom stereocenters. The number of nitrogens with zero attached hydrogens (tertiary/aromatic N) is 2. The van der Waals surface area contributed by atoms with Crippen LogP contribution in [0.1, 0.15) is 10.6 Å². The third kappa shape index (κ3) is 3.50. The molecule has 0 radical (unpaired) electrons. The second kappa shape index (κ2) is 7.07. The number of aryl methyl sites for hydroxylation is 1. The molecule has 1 N–H and O–H groups in total. The minimum atomic E-state index is -0.323. The quantitative estimate of drug-likeness (QED) is 0.664. The van der Waals surface area contributed by atoms with Crippen LogP contribution >= 0.6 is 11.3 Å². The number of nitrogens with one attached hydrogen (secondary N) is 1. The van der Waals surface area contributed by atoms with Crippen LogP contribution in [0.15, 0.2) is 60.1 Å². The van der Waals surface area contributed by atoms with E-state index in [4.69, 9.17) is 0 Å². The van der Waals surface area contributed by atoms with Gasteiger partial charge in [-0.25, -0.2) is 9.37 Å². The lowest BCUT2D eigenvalue weighted by molar-refractivity contribution is 0.628. The van der Waals surface area contributed by atoms with Gasteiger partial charge in [-0.2, -0.15) is 5.26 Å². The first-order valence-corrected chi connectivity index (χ1v) is 8.19. The van der Waals surface area contributed by atoms with Gasteiger partial charge in [0.15, 0.2) is 0 Å². The first-order valence-electron chi connectivity index (χ1n) is 7.31. The van der Waals surface area contributed by atoms with Crippen molar-refractivity contribution in [2.24, 2.45) is 0 Å². The number of benzene rings is 2. The molecule has 5 heteroatoms. The van der Waals surface area contributed by atoms with Crippen LogP contribution in [0.5, 0.6) is 0 Å². The molecular formula is C19H14FN3S. The van der Waals surface area contributed by atoms with Crippen molar-refractivity contribution >= 4 is 22.6 Å². The van der Waals surface area contributed by atoms with Gasteiger partial charge in [-0.1, -0.05) is 36.4 Å². The molecule has 0 aliphatic heterocycles. The number of nitriles is 1. The molecule has 3 aromatic rings. The van der Waals surface area contributed by atoms with Crippen molar-refractivity contribution in [3.8, 4) is 17.3 Å². The Balaban J connectivity index is 1.86. The third-order valence-corrected chi connectivity index (χ3v) is 4.37. The predicted octanol–water partition coefficient (Wildman–Crippen LogP) is 5.23. The van der Waals surface area contributed by atoms with Gasteiger partial charge in [0.2, 0.25) is 0 Å². The zero-order chi connectivity index (χ0) is 16.9. The van der Waals surface area contributed by atoms with Gasteiger partial charge >= 0.3 is 0 Å². The fourth-order valence-electron chi connectivity index (χ4n) is 2.18. The maximum Gasteiger partial charge on any atom is 0.136 e. The number of halogens is 1. The van der Waals surface area contributed by atoms with Gasteiger partial charge in [-0.05, 0) is 24.6 Å². The van der Waals surface area contributed by atoms with E-state index in [9.17, 15) is 9.65 Å². The van der Waals surface area contributed by atoms with Crippen molar-refractivity contribution in [1.29, 1.82) is 5.26 Å². The lowest BCUT2D eigenvalue weighted by atomic mass is 10.2. The first-order chi connectivity index (χ1) is 11.7. The fourth-order valence-corrected chi connectivity index (χ4v) is 2.98. The Hall–Kier alpha value is -2.97. The largest absolute Gasteiger partial charge is 0.360 e. The summed E-state index contributed by atoms with van der Waals surface area (Å²) in [5.41, 5.74) is 3.77. The maximum absolute atomic E-state index is 13.3. The van der Waals surface area contributed by atoms with E-state index in [2.05, 4.69) is 16.4 Å². The predicted molar refractivity (Wildman–Crippen MR) is 95.9 cm³/mol. The third-order valence-electron chi connectivity index (χ3n) is 3.50. The Morgan fingerprint density at radius 2 is 2.04 bits per heavy atom. The maximum atomic E-state index is 13.3. The van der Waals surface area contributed by atoms with Gasteiger partial charge in [-0.3, -0.25) is 0 Å². The van der Waals surface area contributed by atoms with Crippen molar-refractivity contribution < 1.29 is 4.39 Å². The molecule has 24 heavy (non-hydrogen) atoms. The van der Waals surface area contributed by atoms with Crippen LogP contribution < -0.4 is 5.32 Å². The van der Waals surface area contributed by atoms with Crippen molar-refractivity contribution in [3.63, 3.8) is 0 Å². The second-order valence-corrected chi connectivity index (χ2v) is 6.04. The molecular weight excluding hydrogens is 321 g/mol. The Kier molecular flexibility index (Phi) is 4.69. The molecule has 0 amide bonds. The van der Waals surface area contributed by atoms with E-state index in [0.29, 0.717) is 16.3 Å². The number of thiazole rings is 1. The van der Waals surface area contributed by atoms with E-state index >= 15 is 0 Å². The van der Waals surface area contributed by atoms with Crippen molar-refractivity contribution in [2.75, 3.05) is 5.32 Å². The van der Waals surface area contributed by atoms with Crippen LogP contribution in [-0.2, 0) is 0 Å². The Morgan fingerprint density at radius 1 is 1.25 bits per heavy atom. The van der Waals surface area contributed by atoms with E-state index in [1.54, 1.807) is 12.3 Å². The van der Waals surface area contributed by atoms with Gasteiger partial charge < -0.3 is 5.32 Å². The highest BCUT2D eigenvalue weighted by atomic mass is 32.1. The van der Waals surface area contributed by atoms with Gasteiger partial charge in [0.05, 0.1) is 5.69 Å². The van der Waals surface area contributed by atoms with Crippen LogP contribution in [0.4, 0.5) is 10.1 Å². The molecule has 0 aliphatic carbocycles. The van der Waals surface area contributed by atoms with Gasteiger partial charge in [0, 0.05) is 22.8 Å². The first kappa shape index (κ1) is 15.9. The number of allylic oxidation sites excluding steroid dienone is 1. The summed E-state index contributed by atoms with van der Waals surface area (Å²) >= 11 is 1.40. The lowest BCUT2D eigenvalue weighted by Gasteiger charge is -2.05. The summed E-state index contributed by atoms with van der Waals surface area (Å²) < 4.78 is 13.3. The molecule has 3 rings (SSSR count). The van der Waals surface area contributed by atoms with E-state index < -0.39 is 0 Å². The summed E-state index contributed by atoms with van der Waals surface area (Å²) in [6, 6.07) is 16.4. The molecule has 1 heterocycles. The van der Waals surface area contributed by atoms with E-state index in [1.165, 1.54) is 23.5 Å². The second-order valence-electron chi connectivity index (χ2n) is 5.18. The smallest absolute Gasteiger partial charge is 0.136 e. The molecule has 0 fully saturated rings. The van der Waals surface area contributed by atoms with Crippen LogP contribution in [0.3, 0.4) is 0 Å². The van der Waals surface area contributed by atoms with E-state index in [1.807, 2.05) is 42.6 Å². The molecule has 0 atom stereocenters. The Morgan fingerprint density at radius 3 is 2.79 bits per heavy atom. The minimum absolute atomic E-state index is 0.323. The summed E-state index contributed by atoms with van der Waals surface area (Å²) in [6.45, 7) is 1.87. The summed E-state index contributed by atoms with van der Waals surface area (Å²) in [5, 5.41) is 14.9. The number of aromatic nitrogens is 1. The highest BCUT2D eigenvalue weighted by Gasteiger charge is 2.09. The van der Waals surface area contributed by atoms with E-state index in [0.717, 1.165) is 16.8 Å². The number of hydrogen-bond acceptors (Lipinski definition) is 4. The van der Waals surface area contributed by atoms with Crippen molar-refractivity contribution in [2.45, 2.75) is 6.92 Å². The van der Waals surface area contributed by atoms with Crippen molar-refractivity contribution in [3.05, 3.63) is 76.5 Å². The topological polar surface area (TPSA) is 48.7 Å². The molecule has 118 valence electrons. The molecule has 0 spiro atoms. The number of hydrogen-bond donors (Lipinski definition) is 1. The summed E-state index contributed by atoms with van der Waals surface area (Å²) in [6.07, 6.45) is 1.56. The summed E-state index contributed by atoms with van der Waals surface area (Å²) in [5.74, 6) is -0.323. The minimum Gasteiger partial charge on any atom is -0.360 e. The SMILES string of the molecule is Cc1ccc(F)cc1NC=C(C#N)c1nc(-c2ccccc2)cs1.